The molecule has 26 heavy (non-hydrogen) atoms. The van der Waals surface area contributed by atoms with E-state index in [2.05, 4.69) is 17.2 Å². The van der Waals surface area contributed by atoms with Crippen LogP contribution >= 0.6 is 0 Å². The van der Waals surface area contributed by atoms with E-state index in [4.69, 9.17) is 0 Å². The molecule has 0 aromatic rings. The topological polar surface area (TPSA) is 85.0 Å². The molecule has 144 valence electrons. The summed E-state index contributed by atoms with van der Waals surface area (Å²) in [6.45, 7) is 8.78. The van der Waals surface area contributed by atoms with Crippen molar-refractivity contribution in [2.75, 3.05) is 52.4 Å². The Hall–Kier alpha value is -2.25. The Balaban J connectivity index is 1.52. The van der Waals surface area contributed by atoms with E-state index in [-0.39, 0.29) is 18.0 Å². The largest absolute Gasteiger partial charge is 0.341 e. The highest BCUT2D eigenvalue weighted by Crippen LogP contribution is 2.32. The van der Waals surface area contributed by atoms with Crippen LogP contribution in [0.15, 0.2) is 12.7 Å². The number of fused-ring (bicyclic) bond motifs is 1. The van der Waals surface area contributed by atoms with Gasteiger partial charge >= 0.3 is 12.1 Å². The van der Waals surface area contributed by atoms with Gasteiger partial charge in [0.15, 0.2) is 0 Å². The lowest BCUT2D eigenvalue weighted by Gasteiger charge is -2.37. The number of urea groups is 2. The van der Waals surface area contributed by atoms with Gasteiger partial charge in [0, 0.05) is 58.8 Å². The van der Waals surface area contributed by atoms with Crippen molar-refractivity contribution in [2.45, 2.75) is 19.3 Å². The fourth-order valence-electron chi connectivity index (χ4n) is 4.13. The molecular formula is C18H29N5O3. The van der Waals surface area contributed by atoms with Gasteiger partial charge in [-0.05, 0) is 24.7 Å². The van der Waals surface area contributed by atoms with Crippen LogP contribution in [0.2, 0.25) is 0 Å². The second-order valence-electron chi connectivity index (χ2n) is 7.32. The third-order valence-corrected chi connectivity index (χ3v) is 5.72. The van der Waals surface area contributed by atoms with Crippen molar-refractivity contribution in [3.8, 4) is 0 Å². The van der Waals surface area contributed by atoms with Gasteiger partial charge in [0.2, 0.25) is 5.91 Å². The lowest BCUT2D eigenvalue weighted by Crippen LogP contribution is -2.48. The van der Waals surface area contributed by atoms with Gasteiger partial charge in [-0.2, -0.15) is 0 Å². The predicted octanol–water partition coefficient (Wildman–Crippen LogP) is 0.468. The molecule has 2 atom stereocenters. The third kappa shape index (κ3) is 4.28. The number of hydrogen-bond donors (Lipinski definition) is 2. The molecule has 3 rings (SSSR count). The molecule has 5 amide bonds. The summed E-state index contributed by atoms with van der Waals surface area (Å²) in [5, 5.41) is 5.62. The van der Waals surface area contributed by atoms with Crippen LogP contribution in [0.4, 0.5) is 9.59 Å². The number of rotatable bonds is 5. The van der Waals surface area contributed by atoms with Gasteiger partial charge in [-0.15, -0.1) is 6.58 Å². The fourth-order valence-corrected chi connectivity index (χ4v) is 4.13. The van der Waals surface area contributed by atoms with Crippen LogP contribution in [0.5, 0.6) is 0 Å². The van der Waals surface area contributed by atoms with Crippen molar-refractivity contribution < 1.29 is 14.4 Å². The Kier molecular flexibility index (Phi) is 6.00. The molecule has 0 aromatic heterocycles. The van der Waals surface area contributed by atoms with Crippen LogP contribution in [0.3, 0.4) is 0 Å². The van der Waals surface area contributed by atoms with E-state index in [9.17, 15) is 14.4 Å². The Morgan fingerprint density at radius 1 is 1.15 bits per heavy atom. The van der Waals surface area contributed by atoms with Crippen LogP contribution < -0.4 is 10.6 Å². The molecule has 3 aliphatic heterocycles. The maximum absolute atomic E-state index is 12.6. The number of nitrogens with one attached hydrogen (secondary N) is 2. The minimum Gasteiger partial charge on any atom is -0.341 e. The summed E-state index contributed by atoms with van der Waals surface area (Å²) in [4.78, 5) is 41.9. The molecule has 3 saturated heterocycles. The van der Waals surface area contributed by atoms with Crippen LogP contribution in [0, 0.1) is 11.8 Å². The van der Waals surface area contributed by atoms with Gasteiger partial charge < -0.3 is 25.3 Å². The molecule has 2 N–H and O–H groups in total. The lowest BCUT2D eigenvalue weighted by molar-refractivity contribution is -0.131. The molecular weight excluding hydrogens is 334 g/mol. The normalized spacial score (nSPS) is 26.2. The van der Waals surface area contributed by atoms with Gasteiger partial charge in [0.05, 0.1) is 0 Å². The smallest absolute Gasteiger partial charge is 0.317 e. The van der Waals surface area contributed by atoms with Gasteiger partial charge in [-0.25, -0.2) is 9.59 Å². The molecule has 0 spiro atoms. The number of carbonyl (C=O) groups excluding carboxylic acids is 3. The Bertz CT molecular complexity index is 567. The highest BCUT2D eigenvalue weighted by molar-refractivity contribution is 5.78. The minimum atomic E-state index is -0.0455. The summed E-state index contributed by atoms with van der Waals surface area (Å²) in [5.74, 6) is 0.898. The first-order valence-corrected chi connectivity index (χ1v) is 9.52. The van der Waals surface area contributed by atoms with Crippen molar-refractivity contribution in [1.82, 2.24) is 25.3 Å². The average molecular weight is 363 g/mol. The summed E-state index contributed by atoms with van der Waals surface area (Å²) in [5.41, 5.74) is 0. The Morgan fingerprint density at radius 2 is 1.92 bits per heavy atom. The summed E-state index contributed by atoms with van der Waals surface area (Å²) in [6.07, 6.45) is 4.01. The quantitative estimate of drug-likeness (QED) is 0.696. The standard InChI is InChI=1S/C18H29N5O3/c1-2-5-19-18(26)23-8-3-14-12-16(24)21(7-4-15(14)13-23)10-11-22-9-6-20-17(22)25/h2,14-15H,1,3-13H2,(H,19,26)(H,20,25)/t14-,15-/m0/s1. The molecule has 0 aromatic carbocycles. The average Bonchev–Trinajstić information content (AvgIpc) is 2.97. The van der Waals surface area contributed by atoms with Crippen LogP contribution in [0.25, 0.3) is 0 Å². The number of likely N-dealkylation sites (tertiary alicyclic amines) is 2. The maximum atomic E-state index is 12.6. The van der Waals surface area contributed by atoms with E-state index >= 15 is 0 Å². The summed E-state index contributed by atoms with van der Waals surface area (Å²) < 4.78 is 0. The predicted molar refractivity (Wildman–Crippen MR) is 97.6 cm³/mol. The fraction of sp³-hybridized carbons (Fsp3) is 0.722. The highest BCUT2D eigenvalue weighted by Gasteiger charge is 2.36. The molecule has 3 aliphatic rings. The zero-order valence-corrected chi connectivity index (χ0v) is 15.3. The van der Waals surface area contributed by atoms with Crippen molar-refractivity contribution in [1.29, 1.82) is 0 Å². The van der Waals surface area contributed by atoms with Crippen molar-refractivity contribution in [2.24, 2.45) is 11.8 Å². The first-order valence-electron chi connectivity index (χ1n) is 9.52. The number of hydrogen-bond acceptors (Lipinski definition) is 3. The number of nitrogens with zero attached hydrogens (tertiary/aromatic N) is 3. The molecule has 3 fully saturated rings. The van der Waals surface area contributed by atoms with E-state index in [0.717, 1.165) is 12.8 Å². The Morgan fingerprint density at radius 3 is 2.65 bits per heavy atom. The molecule has 0 radical (unpaired) electrons. The third-order valence-electron chi connectivity index (χ3n) is 5.72. The monoisotopic (exact) mass is 363 g/mol. The lowest BCUT2D eigenvalue weighted by atomic mass is 9.82. The molecule has 3 heterocycles. The zero-order chi connectivity index (χ0) is 18.5. The summed E-state index contributed by atoms with van der Waals surface area (Å²) in [7, 11) is 0. The van der Waals surface area contributed by atoms with Gasteiger partial charge in [-0.1, -0.05) is 6.08 Å². The Labute approximate surface area is 154 Å². The van der Waals surface area contributed by atoms with Crippen molar-refractivity contribution in [3.05, 3.63) is 12.7 Å². The van der Waals surface area contributed by atoms with Crippen molar-refractivity contribution in [3.63, 3.8) is 0 Å². The van der Waals surface area contributed by atoms with E-state index in [1.54, 1.807) is 11.0 Å². The molecule has 0 bridgehead atoms. The number of piperidine rings is 1. The molecule has 8 heteroatoms. The molecule has 0 unspecified atom stereocenters. The summed E-state index contributed by atoms with van der Waals surface area (Å²) in [6, 6.07) is -0.0852. The second-order valence-corrected chi connectivity index (χ2v) is 7.32. The van der Waals surface area contributed by atoms with Crippen LogP contribution in [-0.2, 0) is 4.79 Å². The van der Waals surface area contributed by atoms with E-state index in [1.165, 1.54) is 0 Å². The van der Waals surface area contributed by atoms with Gasteiger partial charge in [0.1, 0.15) is 0 Å². The molecule has 0 aliphatic carbocycles. The first kappa shape index (κ1) is 18.5. The first-order chi connectivity index (χ1) is 12.6. The molecule has 0 saturated carbocycles. The van der Waals surface area contributed by atoms with E-state index < -0.39 is 0 Å². The van der Waals surface area contributed by atoms with Gasteiger partial charge in [-0.3, -0.25) is 4.79 Å². The second kappa shape index (κ2) is 8.42. The van der Waals surface area contributed by atoms with E-state index in [1.807, 2.05) is 9.80 Å². The van der Waals surface area contributed by atoms with E-state index in [0.29, 0.717) is 70.6 Å². The summed E-state index contributed by atoms with van der Waals surface area (Å²) >= 11 is 0. The van der Waals surface area contributed by atoms with Crippen LogP contribution in [-0.4, -0.2) is 85.0 Å². The van der Waals surface area contributed by atoms with Crippen molar-refractivity contribution >= 4 is 18.0 Å². The SMILES string of the molecule is C=CCNC(=O)N1CC[C@H]2CC(=O)N(CCN3CCNC3=O)CC[C@H]2C1. The number of carbonyl (C=O) groups is 3. The zero-order valence-electron chi connectivity index (χ0n) is 15.3. The van der Waals surface area contributed by atoms with Gasteiger partial charge in [0.25, 0.3) is 0 Å². The minimum absolute atomic E-state index is 0.0397. The highest BCUT2D eigenvalue weighted by atomic mass is 16.2. The number of amides is 5. The maximum Gasteiger partial charge on any atom is 0.317 e. The molecule has 8 nitrogen and oxygen atoms in total. The van der Waals surface area contributed by atoms with Crippen LogP contribution in [0.1, 0.15) is 19.3 Å².